The van der Waals surface area contributed by atoms with Crippen molar-refractivity contribution in [3.8, 4) is 11.5 Å². The molecule has 0 spiro atoms. The number of phenols is 2. The highest BCUT2D eigenvalue weighted by Crippen LogP contribution is 2.36. The second-order valence-corrected chi connectivity index (χ2v) is 4.38. The van der Waals surface area contributed by atoms with Crippen LogP contribution in [0.4, 0.5) is 0 Å². The molecule has 0 fully saturated rings. The van der Waals surface area contributed by atoms with Crippen LogP contribution in [-0.2, 0) is 0 Å². The summed E-state index contributed by atoms with van der Waals surface area (Å²) >= 11 is 0. The van der Waals surface area contributed by atoms with E-state index in [1.54, 1.807) is 18.2 Å². The van der Waals surface area contributed by atoms with Crippen LogP contribution in [0.1, 0.15) is 24.8 Å². The number of phenolic OH excluding ortho intramolecular Hbond substituents is 2. The molecular weight excluding hydrogens is 214 g/mol. The van der Waals surface area contributed by atoms with Crippen molar-refractivity contribution in [3.63, 3.8) is 0 Å². The number of hydrogen-bond acceptors (Lipinski definition) is 3. The smallest absolute Gasteiger partial charge is 0.119 e. The fourth-order valence-corrected chi connectivity index (χ4v) is 2.23. The van der Waals surface area contributed by atoms with Gasteiger partial charge >= 0.3 is 0 Å². The number of fused-ring (bicyclic) bond motifs is 1. The van der Waals surface area contributed by atoms with Crippen LogP contribution in [0, 0.1) is 0 Å². The number of aromatic hydroxyl groups is 2. The molecule has 2 aromatic rings. The van der Waals surface area contributed by atoms with E-state index < -0.39 is 0 Å². The summed E-state index contributed by atoms with van der Waals surface area (Å²) in [5, 5.41) is 21.4. The molecule has 0 aromatic heterocycles. The summed E-state index contributed by atoms with van der Waals surface area (Å²) in [5.41, 5.74) is 6.42. The number of benzene rings is 2. The molecule has 0 aliphatic rings. The molecule has 0 radical (unpaired) electrons. The van der Waals surface area contributed by atoms with Crippen molar-refractivity contribution in [1.29, 1.82) is 0 Å². The lowest BCUT2D eigenvalue weighted by atomic mass is 9.91. The average molecular weight is 231 g/mol. The van der Waals surface area contributed by atoms with Crippen molar-refractivity contribution in [3.05, 3.63) is 35.9 Å². The van der Waals surface area contributed by atoms with Gasteiger partial charge in [-0.2, -0.15) is 0 Å². The molecule has 0 saturated carbocycles. The molecule has 90 valence electrons. The van der Waals surface area contributed by atoms with E-state index in [2.05, 4.69) is 0 Å². The summed E-state index contributed by atoms with van der Waals surface area (Å²) < 4.78 is 0. The topological polar surface area (TPSA) is 66.5 Å². The van der Waals surface area contributed by atoms with Crippen molar-refractivity contribution in [1.82, 2.24) is 0 Å². The molecule has 0 heterocycles. The van der Waals surface area contributed by atoms with Gasteiger partial charge < -0.3 is 15.9 Å². The first-order chi connectivity index (χ1) is 8.13. The fraction of sp³-hybridized carbons (Fsp3) is 0.286. The van der Waals surface area contributed by atoms with Crippen molar-refractivity contribution in [2.75, 3.05) is 6.54 Å². The first kappa shape index (κ1) is 11.7. The third-order valence-electron chi connectivity index (χ3n) is 3.12. The lowest BCUT2D eigenvalue weighted by molar-refractivity contribution is 0.462. The maximum absolute atomic E-state index is 9.97. The second kappa shape index (κ2) is 4.63. The minimum Gasteiger partial charge on any atom is -0.508 e. The van der Waals surface area contributed by atoms with Gasteiger partial charge in [0.25, 0.3) is 0 Å². The predicted octanol–water partition coefficient (Wildman–Crippen LogP) is 2.70. The molecule has 4 N–H and O–H groups in total. The van der Waals surface area contributed by atoms with Crippen LogP contribution >= 0.6 is 0 Å². The molecule has 0 bridgehead atoms. The summed E-state index contributed by atoms with van der Waals surface area (Å²) in [6.07, 6.45) is 0.808. The van der Waals surface area contributed by atoms with Crippen molar-refractivity contribution >= 4 is 10.8 Å². The maximum atomic E-state index is 9.97. The lowest BCUT2D eigenvalue weighted by Crippen LogP contribution is -2.05. The Bertz CT molecular complexity index is 532. The Morgan fingerprint density at radius 1 is 1.18 bits per heavy atom. The number of rotatable bonds is 3. The number of nitrogens with two attached hydrogens (primary N) is 1. The molecule has 0 amide bonds. The highest BCUT2D eigenvalue weighted by Gasteiger charge is 2.14. The SMILES string of the molecule is CC(CCN)c1c(O)ccc2ccc(O)cc12. The van der Waals surface area contributed by atoms with Crippen LogP contribution < -0.4 is 5.73 Å². The van der Waals surface area contributed by atoms with E-state index in [1.807, 2.05) is 19.1 Å². The van der Waals surface area contributed by atoms with E-state index in [9.17, 15) is 10.2 Å². The first-order valence-corrected chi connectivity index (χ1v) is 5.78. The van der Waals surface area contributed by atoms with Crippen LogP contribution in [0.3, 0.4) is 0 Å². The summed E-state index contributed by atoms with van der Waals surface area (Å²) in [7, 11) is 0. The zero-order chi connectivity index (χ0) is 12.4. The molecule has 1 unspecified atom stereocenters. The van der Waals surface area contributed by atoms with Gasteiger partial charge in [-0.3, -0.25) is 0 Å². The van der Waals surface area contributed by atoms with Gasteiger partial charge in [0.1, 0.15) is 11.5 Å². The standard InChI is InChI=1S/C14H17NO2/c1-9(6-7-15)14-12-8-11(16)4-2-10(12)3-5-13(14)17/h2-5,8-9,16-17H,6-7,15H2,1H3. The van der Waals surface area contributed by atoms with E-state index in [0.29, 0.717) is 6.54 Å². The Labute approximate surface area is 101 Å². The average Bonchev–Trinajstić information content (AvgIpc) is 2.28. The Morgan fingerprint density at radius 3 is 2.59 bits per heavy atom. The maximum Gasteiger partial charge on any atom is 0.119 e. The van der Waals surface area contributed by atoms with Crippen molar-refractivity contribution < 1.29 is 10.2 Å². The van der Waals surface area contributed by atoms with Gasteiger partial charge in [-0.05, 0) is 47.9 Å². The van der Waals surface area contributed by atoms with Gasteiger partial charge in [0.05, 0.1) is 0 Å². The summed E-state index contributed by atoms with van der Waals surface area (Å²) in [6, 6.07) is 8.74. The van der Waals surface area contributed by atoms with Gasteiger partial charge in [-0.1, -0.05) is 19.1 Å². The largest absolute Gasteiger partial charge is 0.508 e. The van der Waals surface area contributed by atoms with Crippen LogP contribution in [0.15, 0.2) is 30.3 Å². The van der Waals surface area contributed by atoms with Crippen LogP contribution in [0.5, 0.6) is 11.5 Å². The third kappa shape index (κ3) is 2.19. The molecule has 0 saturated heterocycles. The van der Waals surface area contributed by atoms with Gasteiger partial charge in [-0.25, -0.2) is 0 Å². The van der Waals surface area contributed by atoms with Gasteiger partial charge in [0, 0.05) is 5.56 Å². The predicted molar refractivity (Wildman–Crippen MR) is 69.4 cm³/mol. The summed E-state index contributed by atoms with van der Waals surface area (Å²) in [5.74, 6) is 0.652. The Morgan fingerprint density at radius 2 is 1.88 bits per heavy atom. The van der Waals surface area contributed by atoms with E-state index in [4.69, 9.17) is 5.73 Å². The molecule has 1 atom stereocenters. The van der Waals surface area contributed by atoms with Gasteiger partial charge in [-0.15, -0.1) is 0 Å². The Hall–Kier alpha value is -1.74. The molecule has 0 aliphatic heterocycles. The molecule has 3 heteroatoms. The van der Waals surface area contributed by atoms with E-state index in [0.717, 1.165) is 22.8 Å². The lowest BCUT2D eigenvalue weighted by Gasteiger charge is -2.15. The Balaban J connectivity index is 2.65. The molecule has 0 aliphatic carbocycles. The highest BCUT2D eigenvalue weighted by atomic mass is 16.3. The summed E-state index contributed by atoms with van der Waals surface area (Å²) in [6.45, 7) is 2.61. The van der Waals surface area contributed by atoms with Crippen LogP contribution in [0.2, 0.25) is 0 Å². The van der Waals surface area contributed by atoms with Crippen molar-refractivity contribution in [2.24, 2.45) is 5.73 Å². The fourth-order valence-electron chi connectivity index (χ4n) is 2.23. The van der Waals surface area contributed by atoms with Crippen LogP contribution in [0.25, 0.3) is 10.8 Å². The molecule has 3 nitrogen and oxygen atoms in total. The van der Waals surface area contributed by atoms with Gasteiger partial charge in [0.15, 0.2) is 0 Å². The summed E-state index contributed by atoms with van der Waals surface area (Å²) in [4.78, 5) is 0. The first-order valence-electron chi connectivity index (χ1n) is 5.78. The Kier molecular flexibility index (Phi) is 3.20. The molecule has 2 aromatic carbocycles. The second-order valence-electron chi connectivity index (χ2n) is 4.38. The molecule has 17 heavy (non-hydrogen) atoms. The minimum absolute atomic E-state index is 0.172. The normalized spacial score (nSPS) is 12.8. The minimum atomic E-state index is 0.172. The van der Waals surface area contributed by atoms with Crippen molar-refractivity contribution in [2.45, 2.75) is 19.3 Å². The van der Waals surface area contributed by atoms with Gasteiger partial charge in [0.2, 0.25) is 0 Å². The van der Waals surface area contributed by atoms with E-state index in [1.165, 1.54) is 0 Å². The highest BCUT2D eigenvalue weighted by molar-refractivity contribution is 5.89. The van der Waals surface area contributed by atoms with E-state index in [-0.39, 0.29) is 17.4 Å². The quantitative estimate of drug-likeness (QED) is 0.760. The molecule has 2 rings (SSSR count). The van der Waals surface area contributed by atoms with Crippen LogP contribution in [-0.4, -0.2) is 16.8 Å². The zero-order valence-electron chi connectivity index (χ0n) is 9.85. The monoisotopic (exact) mass is 231 g/mol. The number of hydrogen-bond donors (Lipinski definition) is 3. The molecular formula is C14H17NO2. The zero-order valence-corrected chi connectivity index (χ0v) is 9.85. The van der Waals surface area contributed by atoms with E-state index >= 15 is 0 Å². The third-order valence-corrected chi connectivity index (χ3v) is 3.12.